The van der Waals surface area contributed by atoms with Crippen molar-refractivity contribution in [3.63, 3.8) is 0 Å². The van der Waals surface area contributed by atoms with Gasteiger partial charge >= 0.3 is 6.18 Å². The molecule has 1 aliphatic heterocycles. The SMILES string of the molecule is Cc1ccc(NC2=Nc3ccccc3C2)cc1C(F)(F)F. The molecule has 0 amide bonds. The zero-order chi connectivity index (χ0) is 15.0. The maximum atomic E-state index is 12.9. The van der Waals surface area contributed by atoms with E-state index in [0.29, 0.717) is 17.9 Å². The summed E-state index contributed by atoms with van der Waals surface area (Å²) < 4.78 is 38.7. The van der Waals surface area contributed by atoms with Crippen LogP contribution in [0.5, 0.6) is 0 Å². The first-order valence-electron chi connectivity index (χ1n) is 6.54. The third-order valence-electron chi connectivity index (χ3n) is 3.44. The molecule has 0 fully saturated rings. The monoisotopic (exact) mass is 290 g/mol. The number of anilines is 1. The van der Waals surface area contributed by atoms with Crippen molar-refractivity contribution >= 4 is 17.2 Å². The Bertz CT molecular complexity index is 718. The van der Waals surface area contributed by atoms with Gasteiger partial charge in [-0.25, -0.2) is 4.99 Å². The summed E-state index contributed by atoms with van der Waals surface area (Å²) in [4.78, 5) is 4.39. The van der Waals surface area contributed by atoms with Crippen LogP contribution in [0.25, 0.3) is 0 Å². The Morgan fingerprint density at radius 1 is 1.10 bits per heavy atom. The molecule has 21 heavy (non-hydrogen) atoms. The standard InChI is InChI=1S/C16H13F3N2/c1-10-6-7-12(9-13(10)16(17,18)19)20-15-8-11-4-2-3-5-14(11)21-15/h2-7,9H,8H2,1H3,(H,20,21). The van der Waals surface area contributed by atoms with Crippen molar-refractivity contribution in [1.82, 2.24) is 0 Å². The lowest BCUT2D eigenvalue weighted by Gasteiger charge is -2.13. The van der Waals surface area contributed by atoms with E-state index in [-0.39, 0.29) is 5.56 Å². The summed E-state index contributed by atoms with van der Waals surface area (Å²) >= 11 is 0. The number of para-hydroxylation sites is 1. The number of benzene rings is 2. The molecule has 3 rings (SSSR count). The first-order chi connectivity index (χ1) is 9.93. The van der Waals surface area contributed by atoms with Crippen molar-refractivity contribution in [1.29, 1.82) is 0 Å². The van der Waals surface area contributed by atoms with Crippen LogP contribution in [0.4, 0.5) is 24.5 Å². The topological polar surface area (TPSA) is 24.4 Å². The van der Waals surface area contributed by atoms with Crippen molar-refractivity contribution < 1.29 is 13.2 Å². The van der Waals surface area contributed by atoms with Gasteiger partial charge in [-0.3, -0.25) is 0 Å². The van der Waals surface area contributed by atoms with Crippen molar-refractivity contribution in [3.05, 3.63) is 59.2 Å². The fourth-order valence-electron chi connectivity index (χ4n) is 2.38. The molecule has 2 aromatic rings. The van der Waals surface area contributed by atoms with E-state index in [1.165, 1.54) is 13.0 Å². The molecular weight excluding hydrogens is 277 g/mol. The molecule has 0 unspecified atom stereocenters. The van der Waals surface area contributed by atoms with Crippen molar-refractivity contribution in [2.45, 2.75) is 19.5 Å². The Morgan fingerprint density at radius 2 is 1.86 bits per heavy atom. The highest BCUT2D eigenvalue weighted by molar-refractivity contribution is 6.02. The fraction of sp³-hybridized carbons (Fsp3) is 0.188. The van der Waals surface area contributed by atoms with Crippen LogP contribution in [0, 0.1) is 6.92 Å². The van der Waals surface area contributed by atoms with Gasteiger partial charge in [-0.2, -0.15) is 13.2 Å². The van der Waals surface area contributed by atoms with Crippen LogP contribution in [-0.4, -0.2) is 5.84 Å². The summed E-state index contributed by atoms with van der Waals surface area (Å²) in [5.74, 6) is 0.660. The zero-order valence-corrected chi connectivity index (χ0v) is 11.3. The van der Waals surface area contributed by atoms with Crippen LogP contribution in [0.3, 0.4) is 0 Å². The molecule has 108 valence electrons. The number of nitrogens with zero attached hydrogens (tertiary/aromatic N) is 1. The van der Waals surface area contributed by atoms with E-state index < -0.39 is 11.7 Å². The lowest BCUT2D eigenvalue weighted by atomic mass is 10.1. The van der Waals surface area contributed by atoms with Crippen LogP contribution in [0.2, 0.25) is 0 Å². The number of halogens is 3. The molecule has 0 aliphatic carbocycles. The third-order valence-corrected chi connectivity index (χ3v) is 3.44. The number of alkyl halides is 3. The average molecular weight is 290 g/mol. The molecule has 0 saturated carbocycles. The summed E-state index contributed by atoms with van der Waals surface area (Å²) in [5, 5.41) is 2.98. The van der Waals surface area contributed by atoms with Gasteiger partial charge in [-0.1, -0.05) is 24.3 Å². The van der Waals surface area contributed by atoms with Crippen molar-refractivity contribution in [3.8, 4) is 0 Å². The summed E-state index contributed by atoms with van der Waals surface area (Å²) in [6.07, 6.45) is -3.74. The zero-order valence-electron chi connectivity index (χ0n) is 11.3. The Hall–Kier alpha value is -2.30. The quantitative estimate of drug-likeness (QED) is 0.808. The van der Waals surface area contributed by atoms with Gasteiger partial charge in [0.05, 0.1) is 11.3 Å². The van der Waals surface area contributed by atoms with E-state index in [9.17, 15) is 13.2 Å². The van der Waals surface area contributed by atoms with Gasteiger partial charge in [0.15, 0.2) is 0 Å². The first kappa shape index (κ1) is 13.7. The maximum absolute atomic E-state index is 12.9. The highest BCUT2D eigenvalue weighted by atomic mass is 19.4. The second kappa shape index (κ2) is 4.91. The van der Waals surface area contributed by atoms with Gasteiger partial charge in [0, 0.05) is 12.1 Å². The van der Waals surface area contributed by atoms with Crippen LogP contribution < -0.4 is 5.32 Å². The van der Waals surface area contributed by atoms with Crippen LogP contribution in [0.1, 0.15) is 16.7 Å². The molecule has 2 nitrogen and oxygen atoms in total. The van der Waals surface area contributed by atoms with Crippen LogP contribution >= 0.6 is 0 Å². The lowest BCUT2D eigenvalue weighted by molar-refractivity contribution is -0.138. The Morgan fingerprint density at radius 3 is 2.57 bits per heavy atom. The molecule has 0 spiro atoms. The van der Waals surface area contributed by atoms with Gasteiger partial charge in [0.2, 0.25) is 0 Å². The predicted octanol–water partition coefficient (Wildman–Crippen LogP) is 4.71. The molecule has 1 heterocycles. The number of fused-ring (bicyclic) bond motifs is 1. The number of rotatable bonds is 1. The van der Waals surface area contributed by atoms with Gasteiger partial charge < -0.3 is 5.32 Å². The van der Waals surface area contributed by atoms with E-state index in [0.717, 1.165) is 17.3 Å². The minimum absolute atomic E-state index is 0.213. The second-order valence-electron chi connectivity index (χ2n) is 5.02. The smallest absolute Gasteiger partial charge is 0.343 e. The molecule has 0 saturated heterocycles. The van der Waals surface area contributed by atoms with Crippen LogP contribution in [-0.2, 0) is 12.6 Å². The number of nitrogens with one attached hydrogen (secondary N) is 1. The number of aliphatic imine (C=N–C) groups is 1. The molecule has 0 aromatic heterocycles. The highest BCUT2D eigenvalue weighted by Crippen LogP contribution is 2.34. The molecule has 0 bridgehead atoms. The van der Waals surface area contributed by atoms with E-state index in [4.69, 9.17) is 0 Å². The molecular formula is C16H13F3N2. The highest BCUT2D eigenvalue weighted by Gasteiger charge is 2.32. The number of hydrogen-bond donors (Lipinski definition) is 1. The molecule has 0 radical (unpaired) electrons. The van der Waals surface area contributed by atoms with Gasteiger partial charge in [0.1, 0.15) is 5.84 Å². The van der Waals surface area contributed by atoms with E-state index in [2.05, 4.69) is 10.3 Å². The maximum Gasteiger partial charge on any atom is 0.416 e. The van der Waals surface area contributed by atoms with Gasteiger partial charge in [-0.05, 0) is 36.2 Å². The summed E-state index contributed by atoms with van der Waals surface area (Å²) in [5.41, 5.74) is 1.93. The minimum atomic E-state index is -4.35. The van der Waals surface area contributed by atoms with E-state index in [1.807, 2.05) is 24.3 Å². The van der Waals surface area contributed by atoms with Gasteiger partial charge in [-0.15, -0.1) is 0 Å². The molecule has 2 aromatic carbocycles. The Kier molecular flexibility index (Phi) is 3.20. The number of amidine groups is 1. The van der Waals surface area contributed by atoms with E-state index >= 15 is 0 Å². The molecule has 1 N–H and O–H groups in total. The fourth-order valence-corrected chi connectivity index (χ4v) is 2.38. The van der Waals surface area contributed by atoms with Crippen molar-refractivity contribution in [2.75, 3.05) is 5.32 Å². The van der Waals surface area contributed by atoms with Crippen molar-refractivity contribution in [2.24, 2.45) is 4.99 Å². The first-order valence-corrected chi connectivity index (χ1v) is 6.54. The van der Waals surface area contributed by atoms with E-state index in [1.54, 1.807) is 6.07 Å². The predicted molar refractivity (Wildman–Crippen MR) is 77.0 cm³/mol. The van der Waals surface area contributed by atoms with Gasteiger partial charge in [0.25, 0.3) is 0 Å². The summed E-state index contributed by atoms with van der Waals surface area (Å²) in [6, 6.07) is 11.9. The summed E-state index contributed by atoms with van der Waals surface area (Å²) in [6.45, 7) is 1.45. The summed E-state index contributed by atoms with van der Waals surface area (Å²) in [7, 11) is 0. The Labute approximate surface area is 120 Å². The minimum Gasteiger partial charge on any atom is -0.343 e. The molecule has 1 aliphatic rings. The lowest BCUT2D eigenvalue weighted by Crippen LogP contribution is -2.13. The average Bonchev–Trinajstić information content (AvgIpc) is 2.82. The third kappa shape index (κ3) is 2.77. The number of aryl methyl sites for hydroxylation is 1. The largest absolute Gasteiger partial charge is 0.416 e. The van der Waals surface area contributed by atoms with Crippen LogP contribution in [0.15, 0.2) is 47.5 Å². The molecule has 5 heteroatoms. The molecule has 0 atom stereocenters. The normalized spacial score (nSPS) is 13.8. The number of hydrogen-bond acceptors (Lipinski definition) is 2. The Balaban J connectivity index is 1.85. The second-order valence-corrected chi connectivity index (χ2v) is 5.02.